The topological polar surface area (TPSA) is 96.2 Å². The predicted molar refractivity (Wildman–Crippen MR) is 122 cm³/mol. The summed E-state index contributed by atoms with van der Waals surface area (Å²) in [4.78, 5) is 10.2. The van der Waals surface area contributed by atoms with Gasteiger partial charge in [-0.15, -0.1) is 0 Å². The predicted octanol–water partition coefficient (Wildman–Crippen LogP) is 3.65. The molecule has 0 bridgehead atoms. The van der Waals surface area contributed by atoms with Crippen LogP contribution in [0.4, 0.5) is 11.6 Å². The van der Waals surface area contributed by atoms with Crippen LogP contribution in [0.15, 0.2) is 29.3 Å². The van der Waals surface area contributed by atoms with Gasteiger partial charge in [0, 0.05) is 25.4 Å². The van der Waals surface area contributed by atoms with Crippen molar-refractivity contribution in [3.8, 4) is 11.3 Å². The summed E-state index contributed by atoms with van der Waals surface area (Å²) in [5.41, 5.74) is 3.61. The maximum atomic E-state index is 12.1. The van der Waals surface area contributed by atoms with Gasteiger partial charge in [0.15, 0.2) is 16.6 Å². The van der Waals surface area contributed by atoms with E-state index in [-0.39, 0.29) is 12.1 Å². The highest BCUT2D eigenvalue weighted by molar-refractivity contribution is 7.88. The van der Waals surface area contributed by atoms with Crippen molar-refractivity contribution in [2.24, 2.45) is 0 Å². The quantitative estimate of drug-likeness (QED) is 0.568. The molecule has 1 aromatic carbocycles. The Bertz CT molecular complexity index is 1140. The average Bonchev–Trinajstić information content (AvgIpc) is 3.17. The third-order valence-electron chi connectivity index (χ3n) is 6.28. The summed E-state index contributed by atoms with van der Waals surface area (Å²) in [7, 11) is 0.775. The minimum absolute atomic E-state index is 0.208. The Morgan fingerprint density at radius 2 is 2.06 bits per heavy atom. The Morgan fingerprint density at radius 3 is 2.84 bits per heavy atom. The average molecular weight is 441 g/mol. The van der Waals surface area contributed by atoms with Gasteiger partial charge in [-0.05, 0) is 44.2 Å². The van der Waals surface area contributed by atoms with Gasteiger partial charge in [-0.3, -0.25) is 4.31 Å². The molecule has 0 radical (unpaired) electrons. The zero-order valence-corrected chi connectivity index (χ0v) is 18.7. The molecule has 9 heteroatoms. The molecule has 1 atom stereocenters. The Labute approximate surface area is 184 Å². The maximum Gasteiger partial charge on any atom is 0.224 e. The van der Waals surface area contributed by atoms with E-state index >= 15 is 0 Å². The van der Waals surface area contributed by atoms with E-state index in [2.05, 4.69) is 17.2 Å². The van der Waals surface area contributed by atoms with Crippen molar-refractivity contribution in [1.82, 2.24) is 19.7 Å². The Balaban J connectivity index is 1.57. The number of unbranched alkanes of at least 4 members (excludes halogenated alkanes) is 1. The van der Waals surface area contributed by atoms with E-state index in [0.29, 0.717) is 5.95 Å². The molecule has 164 valence electrons. The van der Waals surface area contributed by atoms with Crippen LogP contribution < -0.4 is 9.62 Å². The number of aliphatic hydroxyl groups excluding tert-OH is 1. The maximum absolute atomic E-state index is 12.1. The van der Waals surface area contributed by atoms with E-state index < -0.39 is 11.0 Å². The number of nitrogens with one attached hydrogen (secondary N) is 1. The van der Waals surface area contributed by atoms with Crippen molar-refractivity contribution < 1.29 is 9.32 Å². The molecule has 2 aromatic heterocycles. The van der Waals surface area contributed by atoms with E-state index in [4.69, 9.17) is 10.1 Å². The monoisotopic (exact) mass is 440 g/mol. The van der Waals surface area contributed by atoms with Crippen LogP contribution in [0.5, 0.6) is 0 Å². The Morgan fingerprint density at radius 1 is 1.26 bits per heavy atom. The SMILES string of the molecule is CCCCNc1ncc2c(-c3ccc4c(c3)N(C)S4=O)nn(C3CCC(O)CC3)c2n1. The molecule has 31 heavy (non-hydrogen) atoms. The Hall–Kier alpha value is -2.52. The molecule has 0 saturated heterocycles. The van der Waals surface area contributed by atoms with Crippen LogP contribution in [0, 0.1) is 0 Å². The zero-order chi connectivity index (χ0) is 21.5. The number of hydrogen-bond acceptors (Lipinski definition) is 6. The summed E-state index contributed by atoms with van der Waals surface area (Å²) in [6, 6.07) is 6.15. The fourth-order valence-electron chi connectivity index (χ4n) is 4.41. The summed E-state index contributed by atoms with van der Waals surface area (Å²) in [6.45, 7) is 3.00. The summed E-state index contributed by atoms with van der Waals surface area (Å²) >= 11 is 0. The number of fused-ring (bicyclic) bond motifs is 2. The highest BCUT2D eigenvalue weighted by Crippen LogP contribution is 2.40. The number of rotatable bonds is 6. The normalized spacial score (nSPS) is 22.9. The number of nitrogens with zero attached hydrogens (tertiary/aromatic N) is 5. The standard InChI is InChI=1S/C22H28N6O2S/c1-3-4-11-23-22-24-13-17-20(14-5-10-19-18(12-14)27(2)31(19)30)26-28(21(17)25-22)15-6-8-16(29)9-7-15/h5,10,12-13,15-16,29H,3-4,6-9,11H2,1-2H3,(H,23,24,25). The first kappa shape index (κ1) is 20.4. The van der Waals surface area contributed by atoms with E-state index in [0.717, 1.165) is 77.9 Å². The van der Waals surface area contributed by atoms with E-state index in [1.807, 2.05) is 36.1 Å². The molecule has 0 amide bonds. The zero-order valence-electron chi connectivity index (χ0n) is 17.9. The van der Waals surface area contributed by atoms with E-state index in [1.165, 1.54) is 0 Å². The van der Waals surface area contributed by atoms with Crippen molar-refractivity contribution in [2.45, 2.75) is 62.5 Å². The van der Waals surface area contributed by atoms with Gasteiger partial charge in [0.05, 0.1) is 28.1 Å². The molecule has 3 heterocycles. The molecule has 1 aliphatic heterocycles. The molecule has 5 rings (SSSR count). The highest BCUT2D eigenvalue weighted by Gasteiger charge is 2.30. The minimum Gasteiger partial charge on any atom is -0.393 e. The molecule has 0 spiro atoms. The smallest absolute Gasteiger partial charge is 0.224 e. The van der Waals surface area contributed by atoms with E-state index in [1.54, 1.807) is 4.31 Å². The van der Waals surface area contributed by atoms with Gasteiger partial charge in [0.2, 0.25) is 5.95 Å². The molecule has 3 aromatic rings. The lowest BCUT2D eigenvalue weighted by atomic mass is 9.93. The molecular weight excluding hydrogens is 412 g/mol. The molecule has 2 N–H and O–H groups in total. The summed E-state index contributed by atoms with van der Waals surface area (Å²) in [6.07, 6.45) is 7.14. The van der Waals surface area contributed by atoms with Gasteiger partial charge in [0.1, 0.15) is 5.69 Å². The first-order chi connectivity index (χ1) is 15.1. The van der Waals surface area contributed by atoms with Gasteiger partial charge in [-0.2, -0.15) is 10.1 Å². The minimum atomic E-state index is -1.06. The van der Waals surface area contributed by atoms with Gasteiger partial charge in [0.25, 0.3) is 0 Å². The second-order valence-corrected chi connectivity index (χ2v) is 9.88. The largest absolute Gasteiger partial charge is 0.393 e. The summed E-state index contributed by atoms with van der Waals surface area (Å²) < 4.78 is 15.9. The number of anilines is 2. The molecule has 8 nitrogen and oxygen atoms in total. The first-order valence-electron chi connectivity index (χ1n) is 11.0. The van der Waals surface area contributed by atoms with Gasteiger partial charge in [-0.1, -0.05) is 19.4 Å². The molecule has 1 aliphatic carbocycles. The van der Waals surface area contributed by atoms with E-state index in [9.17, 15) is 9.32 Å². The van der Waals surface area contributed by atoms with Crippen molar-refractivity contribution in [3.05, 3.63) is 24.4 Å². The van der Waals surface area contributed by atoms with Gasteiger partial charge < -0.3 is 10.4 Å². The molecule has 1 saturated carbocycles. The fraction of sp³-hybridized carbons (Fsp3) is 0.500. The van der Waals surface area contributed by atoms with Crippen molar-refractivity contribution in [1.29, 1.82) is 0 Å². The summed E-state index contributed by atoms with van der Waals surface area (Å²) in [5, 5.41) is 19.2. The number of hydrogen-bond donors (Lipinski definition) is 2. The van der Waals surface area contributed by atoms with Crippen LogP contribution in [-0.4, -0.2) is 48.8 Å². The van der Waals surface area contributed by atoms with Gasteiger partial charge in [-0.25, -0.2) is 13.9 Å². The van der Waals surface area contributed by atoms with Crippen molar-refractivity contribution >= 4 is 33.7 Å². The lowest BCUT2D eigenvalue weighted by Crippen LogP contribution is -2.30. The van der Waals surface area contributed by atoms with Crippen molar-refractivity contribution in [3.63, 3.8) is 0 Å². The second-order valence-electron chi connectivity index (χ2n) is 8.40. The fourth-order valence-corrected chi connectivity index (χ4v) is 5.46. The van der Waals surface area contributed by atoms with Crippen LogP contribution in [0.2, 0.25) is 0 Å². The van der Waals surface area contributed by atoms with Crippen LogP contribution in [0.25, 0.3) is 22.3 Å². The van der Waals surface area contributed by atoms with Crippen LogP contribution in [0.3, 0.4) is 0 Å². The third-order valence-corrected chi connectivity index (χ3v) is 7.70. The summed E-state index contributed by atoms with van der Waals surface area (Å²) in [5.74, 6) is 0.622. The number of aliphatic hydroxyl groups is 1. The third kappa shape index (κ3) is 3.59. The Kier molecular flexibility index (Phi) is 5.39. The number of benzene rings is 1. The molecular formula is C22H28N6O2S. The van der Waals surface area contributed by atoms with Gasteiger partial charge >= 0.3 is 0 Å². The first-order valence-corrected chi connectivity index (χ1v) is 12.1. The van der Waals surface area contributed by atoms with Crippen LogP contribution in [-0.2, 0) is 11.0 Å². The van der Waals surface area contributed by atoms with Crippen LogP contribution >= 0.6 is 0 Å². The van der Waals surface area contributed by atoms with Crippen molar-refractivity contribution in [2.75, 3.05) is 23.2 Å². The second kappa shape index (κ2) is 8.20. The molecule has 2 aliphatic rings. The lowest BCUT2D eigenvalue weighted by Gasteiger charge is -2.30. The lowest BCUT2D eigenvalue weighted by molar-refractivity contribution is 0.109. The highest BCUT2D eigenvalue weighted by atomic mass is 32.2. The number of aromatic nitrogens is 4. The molecule has 1 fully saturated rings. The molecule has 1 unspecified atom stereocenters. The van der Waals surface area contributed by atoms with Crippen LogP contribution in [0.1, 0.15) is 51.5 Å².